The van der Waals surface area contributed by atoms with Crippen molar-refractivity contribution in [3.8, 4) is 11.4 Å². The van der Waals surface area contributed by atoms with Crippen LogP contribution in [0.2, 0.25) is 0 Å². The Balaban J connectivity index is 1.21. The van der Waals surface area contributed by atoms with E-state index in [1.165, 1.54) is 102 Å². The van der Waals surface area contributed by atoms with Crippen LogP contribution < -0.4 is 25.3 Å². The van der Waals surface area contributed by atoms with Crippen molar-refractivity contribution in [2.24, 2.45) is 0 Å². The molecule has 4 heterocycles. The molecule has 4 aliphatic rings. The molecule has 0 amide bonds. The fraction of sp³-hybridized carbons (Fsp3) is 0.167. The molecule has 2 aliphatic heterocycles. The molecule has 2 aliphatic carbocycles. The SMILES string of the molecule is CC1(c2ccccc2)c2ccccc2B2c3cc(-n4c5c(c6ccccc64)CCC5)cc(-n4c5c(c6ccccc64)CCC5)c3[Se]c3cccc1c32. The predicted molar refractivity (Wildman–Crippen MR) is 219 cm³/mol. The Hall–Kier alpha value is -5.02. The number of aryl methyl sites for hydroxylation is 2. The van der Waals surface area contributed by atoms with Crippen LogP contribution in [0.1, 0.15) is 59.0 Å². The second-order valence-corrected chi connectivity index (χ2v) is 17.7. The van der Waals surface area contributed by atoms with Crippen LogP contribution in [0.5, 0.6) is 0 Å². The standard InChI is InChI=1S/C48H37BN2Se/c1-48(30-14-3-2-4-15-30)36-20-7-8-22-38(36)49-39-28-31(50-40-23-9-5-16-32(40)34-18-11-25-41(34)50)29-44(47(39)52-45-27-13-21-37(48)46(45)49)51-42-24-10-6-17-33(42)35-19-12-26-43(35)51/h2-10,13-17,20-24,27-29H,11-12,18-19,25-26H2,1H3. The second kappa shape index (κ2) is 10.8. The summed E-state index contributed by atoms with van der Waals surface area (Å²) in [5.41, 5.74) is 20.2. The van der Waals surface area contributed by atoms with E-state index in [0.29, 0.717) is 0 Å². The van der Waals surface area contributed by atoms with Gasteiger partial charge in [0.05, 0.1) is 0 Å². The van der Waals surface area contributed by atoms with Gasteiger partial charge in [-0.1, -0.05) is 0 Å². The summed E-state index contributed by atoms with van der Waals surface area (Å²) in [4.78, 5) is 0. The van der Waals surface area contributed by atoms with Crippen molar-refractivity contribution < 1.29 is 0 Å². The fourth-order valence-electron chi connectivity index (χ4n) is 10.9. The summed E-state index contributed by atoms with van der Waals surface area (Å²) in [5.74, 6) is 0. The quantitative estimate of drug-likeness (QED) is 0.179. The van der Waals surface area contributed by atoms with Gasteiger partial charge < -0.3 is 0 Å². The van der Waals surface area contributed by atoms with E-state index in [1.807, 2.05) is 0 Å². The summed E-state index contributed by atoms with van der Waals surface area (Å²) in [6.45, 7) is 2.65. The van der Waals surface area contributed by atoms with Crippen LogP contribution in [0.3, 0.4) is 0 Å². The van der Waals surface area contributed by atoms with E-state index in [-0.39, 0.29) is 27.1 Å². The van der Waals surface area contributed by atoms with Crippen molar-refractivity contribution in [1.29, 1.82) is 0 Å². The molecule has 52 heavy (non-hydrogen) atoms. The monoisotopic (exact) mass is 732 g/mol. The van der Waals surface area contributed by atoms with Crippen molar-refractivity contribution in [2.75, 3.05) is 0 Å². The van der Waals surface area contributed by atoms with Crippen molar-refractivity contribution in [3.05, 3.63) is 173 Å². The van der Waals surface area contributed by atoms with E-state index in [1.54, 1.807) is 21.1 Å². The third-order valence-corrected chi connectivity index (χ3v) is 15.6. The molecule has 248 valence electrons. The normalized spacial score (nSPS) is 18.0. The molecule has 6 aromatic carbocycles. The molecule has 4 heteroatoms. The zero-order valence-electron chi connectivity index (χ0n) is 29.3. The topological polar surface area (TPSA) is 9.86 Å². The summed E-state index contributed by atoms with van der Waals surface area (Å²) in [6.07, 6.45) is 7.09. The molecule has 0 fully saturated rings. The Bertz CT molecular complexity index is 2810. The Kier molecular flexibility index (Phi) is 6.12. The van der Waals surface area contributed by atoms with Gasteiger partial charge >= 0.3 is 313 Å². The van der Waals surface area contributed by atoms with Gasteiger partial charge in [0.2, 0.25) is 0 Å². The molecule has 0 radical (unpaired) electrons. The molecule has 0 N–H and O–H groups in total. The maximum atomic E-state index is 2.71. The number of hydrogen-bond donors (Lipinski definition) is 0. The summed E-state index contributed by atoms with van der Waals surface area (Å²) >= 11 is 0.131. The number of fused-ring (bicyclic) bond motifs is 10. The third-order valence-electron chi connectivity index (χ3n) is 13.0. The van der Waals surface area contributed by atoms with E-state index in [2.05, 4.69) is 150 Å². The number of benzene rings is 6. The van der Waals surface area contributed by atoms with Gasteiger partial charge in [-0.05, 0) is 0 Å². The molecule has 8 aromatic rings. The Morgan fingerprint density at radius 2 is 1.21 bits per heavy atom. The van der Waals surface area contributed by atoms with Crippen LogP contribution in [-0.2, 0) is 31.1 Å². The molecule has 12 rings (SSSR count). The average molecular weight is 732 g/mol. The van der Waals surface area contributed by atoms with E-state index in [9.17, 15) is 0 Å². The molecule has 0 spiro atoms. The van der Waals surface area contributed by atoms with Crippen molar-refractivity contribution >= 4 is 68.8 Å². The predicted octanol–water partition coefficient (Wildman–Crippen LogP) is 6.70. The van der Waals surface area contributed by atoms with Crippen molar-refractivity contribution in [2.45, 2.75) is 50.9 Å². The van der Waals surface area contributed by atoms with Crippen LogP contribution in [0.15, 0.2) is 133 Å². The molecule has 1 unspecified atom stereocenters. The van der Waals surface area contributed by atoms with Crippen LogP contribution in [0.4, 0.5) is 0 Å². The first-order chi connectivity index (χ1) is 25.7. The van der Waals surface area contributed by atoms with Gasteiger partial charge in [-0.2, -0.15) is 0 Å². The third kappa shape index (κ3) is 3.77. The van der Waals surface area contributed by atoms with Gasteiger partial charge in [-0.25, -0.2) is 0 Å². The fourth-order valence-corrected chi connectivity index (χ4v) is 13.5. The summed E-state index contributed by atoms with van der Waals surface area (Å²) in [6, 6.07) is 51.5. The second-order valence-electron chi connectivity index (χ2n) is 15.5. The summed E-state index contributed by atoms with van der Waals surface area (Å²) in [5, 5.41) is 2.87. The van der Waals surface area contributed by atoms with E-state index >= 15 is 0 Å². The minimum atomic E-state index is -0.234. The first kappa shape index (κ1) is 29.5. The van der Waals surface area contributed by atoms with Gasteiger partial charge in [-0.15, -0.1) is 0 Å². The molecule has 0 saturated heterocycles. The Labute approximate surface area is 311 Å². The molecular weight excluding hydrogens is 694 g/mol. The molecule has 0 bridgehead atoms. The van der Waals surface area contributed by atoms with Crippen LogP contribution in [0, 0.1) is 0 Å². The van der Waals surface area contributed by atoms with Gasteiger partial charge in [0, 0.05) is 0 Å². The average Bonchev–Trinajstić information content (AvgIpc) is 3.99. The number of para-hydroxylation sites is 2. The molecular formula is C48H37BN2Se. The van der Waals surface area contributed by atoms with Crippen molar-refractivity contribution in [3.63, 3.8) is 0 Å². The van der Waals surface area contributed by atoms with Gasteiger partial charge in [0.25, 0.3) is 0 Å². The molecule has 1 atom stereocenters. The number of nitrogens with zero attached hydrogens (tertiary/aromatic N) is 2. The van der Waals surface area contributed by atoms with Crippen LogP contribution >= 0.6 is 0 Å². The summed E-state index contributed by atoms with van der Waals surface area (Å²) < 4.78 is 8.46. The minimum absolute atomic E-state index is 0.131. The van der Waals surface area contributed by atoms with Crippen LogP contribution in [0.25, 0.3) is 33.2 Å². The summed E-state index contributed by atoms with van der Waals surface area (Å²) in [7, 11) is 0. The first-order valence-corrected chi connectivity index (χ1v) is 20.8. The Morgan fingerprint density at radius 3 is 1.98 bits per heavy atom. The van der Waals surface area contributed by atoms with E-state index in [4.69, 9.17) is 0 Å². The van der Waals surface area contributed by atoms with Gasteiger partial charge in [0.1, 0.15) is 0 Å². The van der Waals surface area contributed by atoms with Crippen LogP contribution in [-0.4, -0.2) is 30.8 Å². The number of rotatable bonds is 3. The zero-order valence-corrected chi connectivity index (χ0v) is 31.0. The van der Waals surface area contributed by atoms with Gasteiger partial charge in [0.15, 0.2) is 0 Å². The maximum absolute atomic E-state index is 2.71. The zero-order chi connectivity index (χ0) is 34.1. The number of hydrogen-bond acceptors (Lipinski definition) is 0. The van der Waals surface area contributed by atoms with Gasteiger partial charge in [-0.3, -0.25) is 0 Å². The van der Waals surface area contributed by atoms with Crippen molar-refractivity contribution in [1.82, 2.24) is 9.13 Å². The Morgan fingerprint density at radius 1 is 0.577 bits per heavy atom. The molecule has 0 saturated carbocycles. The first-order valence-electron chi connectivity index (χ1n) is 19.1. The molecule has 2 aromatic heterocycles. The van der Waals surface area contributed by atoms with E-state index in [0.717, 1.165) is 12.8 Å². The van der Waals surface area contributed by atoms with E-state index < -0.39 is 0 Å². The number of aromatic nitrogens is 2. The molecule has 2 nitrogen and oxygen atoms in total.